The molecule has 0 saturated carbocycles. The van der Waals surface area contributed by atoms with E-state index in [0.717, 1.165) is 16.8 Å². The van der Waals surface area contributed by atoms with E-state index in [-0.39, 0.29) is 11.7 Å². The molecule has 0 aliphatic carbocycles. The summed E-state index contributed by atoms with van der Waals surface area (Å²) in [5.41, 5.74) is 3.33. The fourth-order valence-electron chi connectivity index (χ4n) is 3.07. The first-order chi connectivity index (χ1) is 15.4. The number of thioether (sulfide) groups is 1. The highest BCUT2D eigenvalue weighted by Gasteiger charge is 2.18. The van der Waals surface area contributed by atoms with E-state index < -0.39 is 0 Å². The molecule has 0 atom stereocenters. The van der Waals surface area contributed by atoms with Gasteiger partial charge in [-0.1, -0.05) is 64.8 Å². The third-order valence-corrected chi connectivity index (χ3v) is 6.55. The first-order valence-electron chi connectivity index (χ1n) is 9.57. The van der Waals surface area contributed by atoms with Crippen LogP contribution in [0.4, 0.5) is 5.69 Å². The Balaban J connectivity index is 1.61. The molecule has 0 saturated heterocycles. The normalized spacial score (nSPS) is 10.9. The third-order valence-electron chi connectivity index (χ3n) is 4.55. The molecule has 4 rings (SSSR count). The topological polar surface area (TPSA) is 59.8 Å². The first kappa shape index (κ1) is 22.7. The highest BCUT2D eigenvalue weighted by molar-refractivity contribution is 7.99. The molecule has 0 aliphatic rings. The predicted octanol–water partition coefficient (Wildman–Crippen LogP) is 6.93. The lowest BCUT2D eigenvalue weighted by Crippen LogP contribution is -2.15. The number of nitrogens with one attached hydrogen (secondary N) is 1. The van der Waals surface area contributed by atoms with Crippen LogP contribution < -0.4 is 5.32 Å². The van der Waals surface area contributed by atoms with Crippen molar-refractivity contribution in [2.24, 2.45) is 0 Å². The van der Waals surface area contributed by atoms with Gasteiger partial charge in [-0.2, -0.15) is 0 Å². The van der Waals surface area contributed by atoms with Gasteiger partial charge in [0.25, 0.3) is 0 Å². The number of aryl methyl sites for hydroxylation is 1. The Hall–Kier alpha value is -2.51. The van der Waals surface area contributed by atoms with Gasteiger partial charge < -0.3 is 5.32 Å². The van der Waals surface area contributed by atoms with Gasteiger partial charge in [0.15, 0.2) is 11.0 Å². The summed E-state index contributed by atoms with van der Waals surface area (Å²) in [4.78, 5) is 12.6. The van der Waals surface area contributed by atoms with Crippen molar-refractivity contribution in [3.8, 4) is 17.1 Å². The Labute approximate surface area is 204 Å². The number of hydrogen-bond acceptors (Lipinski definition) is 4. The summed E-state index contributed by atoms with van der Waals surface area (Å²) in [6, 6.07) is 20.5. The first-order valence-corrected chi connectivity index (χ1v) is 11.7. The number of amides is 1. The zero-order valence-electron chi connectivity index (χ0n) is 16.8. The molecule has 0 spiro atoms. The van der Waals surface area contributed by atoms with Crippen molar-refractivity contribution in [2.75, 3.05) is 11.1 Å². The molecule has 3 aromatic carbocycles. The van der Waals surface area contributed by atoms with E-state index in [0.29, 0.717) is 31.7 Å². The maximum absolute atomic E-state index is 12.6. The largest absolute Gasteiger partial charge is 0.324 e. The van der Waals surface area contributed by atoms with Crippen LogP contribution in [0.3, 0.4) is 0 Å². The number of benzene rings is 3. The second kappa shape index (κ2) is 9.96. The summed E-state index contributed by atoms with van der Waals surface area (Å²) < 4.78 is 1.93. The summed E-state index contributed by atoms with van der Waals surface area (Å²) in [6.07, 6.45) is 0. The number of anilines is 1. The Kier molecular flexibility index (Phi) is 7.06. The van der Waals surface area contributed by atoms with Gasteiger partial charge in [-0.05, 0) is 61.0 Å². The van der Waals surface area contributed by atoms with Crippen LogP contribution in [0.1, 0.15) is 5.56 Å². The lowest BCUT2D eigenvalue weighted by molar-refractivity contribution is -0.113. The van der Waals surface area contributed by atoms with Gasteiger partial charge in [0.1, 0.15) is 0 Å². The van der Waals surface area contributed by atoms with Crippen LogP contribution in [0.25, 0.3) is 17.1 Å². The molecule has 0 unspecified atom stereocenters. The molecular weight excluding hydrogens is 487 g/mol. The molecular formula is C23H17Cl3N4OS. The van der Waals surface area contributed by atoms with Crippen molar-refractivity contribution in [3.63, 3.8) is 0 Å². The van der Waals surface area contributed by atoms with Crippen LogP contribution in [-0.2, 0) is 4.79 Å². The standard InChI is InChI=1S/C23H17Cl3N4OS/c1-14-4-2-5-17(12-14)30-22(15-8-10-16(24)11-9-15)28-29-23(30)32-13-20(31)27-19-7-3-6-18(25)21(19)26/h2-12H,13H2,1H3,(H,27,31). The van der Waals surface area contributed by atoms with Crippen molar-refractivity contribution in [1.29, 1.82) is 0 Å². The quantitative estimate of drug-likeness (QED) is 0.290. The number of carbonyl (C=O) groups excluding carboxylic acids is 1. The van der Waals surface area contributed by atoms with Gasteiger partial charge in [-0.25, -0.2) is 0 Å². The van der Waals surface area contributed by atoms with Gasteiger partial charge in [0.05, 0.1) is 21.5 Å². The molecule has 0 bridgehead atoms. The van der Waals surface area contributed by atoms with Crippen molar-refractivity contribution in [3.05, 3.63) is 87.4 Å². The molecule has 1 heterocycles. The minimum absolute atomic E-state index is 0.118. The van der Waals surface area contributed by atoms with Gasteiger partial charge in [-0.3, -0.25) is 9.36 Å². The Morgan fingerprint density at radius 1 is 1.00 bits per heavy atom. The monoisotopic (exact) mass is 502 g/mol. The van der Waals surface area contributed by atoms with Crippen molar-refractivity contribution in [1.82, 2.24) is 14.8 Å². The molecule has 9 heteroatoms. The molecule has 1 N–H and O–H groups in total. The smallest absolute Gasteiger partial charge is 0.234 e. The lowest BCUT2D eigenvalue weighted by Gasteiger charge is -2.12. The fourth-order valence-corrected chi connectivity index (χ4v) is 4.29. The second-order valence-corrected chi connectivity index (χ2v) is 9.09. The molecule has 0 radical (unpaired) electrons. The summed E-state index contributed by atoms with van der Waals surface area (Å²) in [5, 5.41) is 13.4. The van der Waals surface area contributed by atoms with E-state index >= 15 is 0 Å². The number of nitrogens with zero attached hydrogens (tertiary/aromatic N) is 3. The zero-order chi connectivity index (χ0) is 22.7. The molecule has 4 aromatic rings. The summed E-state index contributed by atoms with van der Waals surface area (Å²) in [6.45, 7) is 2.02. The van der Waals surface area contributed by atoms with E-state index in [4.69, 9.17) is 34.8 Å². The number of carbonyl (C=O) groups is 1. The molecule has 162 valence electrons. The van der Waals surface area contributed by atoms with E-state index in [1.54, 1.807) is 30.3 Å². The van der Waals surface area contributed by atoms with E-state index in [9.17, 15) is 4.79 Å². The van der Waals surface area contributed by atoms with Gasteiger partial charge >= 0.3 is 0 Å². The van der Waals surface area contributed by atoms with E-state index in [2.05, 4.69) is 15.5 Å². The van der Waals surface area contributed by atoms with Crippen LogP contribution in [0, 0.1) is 6.92 Å². The molecule has 1 aromatic heterocycles. The van der Waals surface area contributed by atoms with Gasteiger partial charge in [-0.15, -0.1) is 10.2 Å². The molecule has 32 heavy (non-hydrogen) atoms. The van der Waals surface area contributed by atoms with Crippen LogP contribution in [0.5, 0.6) is 0 Å². The Morgan fingerprint density at radius 2 is 1.75 bits per heavy atom. The minimum atomic E-state index is -0.231. The average molecular weight is 504 g/mol. The summed E-state index contributed by atoms with van der Waals surface area (Å²) in [5.74, 6) is 0.548. The van der Waals surface area contributed by atoms with Gasteiger partial charge in [0.2, 0.25) is 5.91 Å². The maximum atomic E-state index is 12.6. The highest BCUT2D eigenvalue weighted by atomic mass is 35.5. The highest BCUT2D eigenvalue weighted by Crippen LogP contribution is 2.31. The molecule has 1 amide bonds. The Morgan fingerprint density at radius 3 is 2.50 bits per heavy atom. The fraction of sp³-hybridized carbons (Fsp3) is 0.0870. The van der Waals surface area contributed by atoms with E-state index in [1.807, 2.05) is 47.9 Å². The summed E-state index contributed by atoms with van der Waals surface area (Å²) >= 11 is 19.5. The SMILES string of the molecule is Cc1cccc(-n2c(SCC(=O)Nc3cccc(Cl)c3Cl)nnc2-c2ccc(Cl)cc2)c1. The Bertz CT molecular complexity index is 1270. The third kappa shape index (κ3) is 5.10. The number of aromatic nitrogens is 3. The minimum Gasteiger partial charge on any atom is -0.324 e. The molecule has 5 nitrogen and oxygen atoms in total. The molecule has 0 aliphatic heterocycles. The summed E-state index contributed by atoms with van der Waals surface area (Å²) in [7, 11) is 0. The number of rotatable bonds is 6. The van der Waals surface area contributed by atoms with Crippen molar-refractivity contribution >= 4 is 58.2 Å². The zero-order valence-corrected chi connectivity index (χ0v) is 19.9. The number of hydrogen-bond donors (Lipinski definition) is 1. The van der Waals surface area contributed by atoms with Crippen LogP contribution in [0.2, 0.25) is 15.1 Å². The van der Waals surface area contributed by atoms with Crippen molar-refractivity contribution < 1.29 is 4.79 Å². The second-order valence-electron chi connectivity index (χ2n) is 6.93. The van der Waals surface area contributed by atoms with Crippen LogP contribution in [-0.4, -0.2) is 26.4 Å². The van der Waals surface area contributed by atoms with Gasteiger partial charge in [0, 0.05) is 16.3 Å². The molecule has 0 fully saturated rings. The average Bonchev–Trinajstić information content (AvgIpc) is 3.20. The van der Waals surface area contributed by atoms with Crippen molar-refractivity contribution in [2.45, 2.75) is 12.1 Å². The van der Waals surface area contributed by atoms with Crippen LogP contribution >= 0.6 is 46.6 Å². The van der Waals surface area contributed by atoms with Crippen LogP contribution in [0.15, 0.2) is 71.9 Å². The maximum Gasteiger partial charge on any atom is 0.234 e. The predicted molar refractivity (Wildman–Crippen MR) is 132 cm³/mol. The van der Waals surface area contributed by atoms with E-state index in [1.165, 1.54) is 11.8 Å². The lowest BCUT2D eigenvalue weighted by atomic mass is 10.2. The number of halogens is 3.